The van der Waals surface area contributed by atoms with Gasteiger partial charge in [-0.25, -0.2) is 0 Å². The molecule has 14 heavy (non-hydrogen) atoms. The minimum absolute atomic E-state index is 0.106. The Morgan fingerprint density at radius 2 is 1.93 bits per heavy atom. The average molecular weight is 204 g/mol. The lowest BCUT2D eigenvalue weighted by atomic mass is 10.2. The molecule has 0 aromatic rings. The predicted octanol–water partition coefficient (Wildman–Crippen LogP) is -1.16. The van der Waals surface area contributed by atoms with Crippen molar-refractivity contribution in [1.29, 1.82) is 0 Å². The third kappa shape index (κ3) is 5.90. The Kier molecular flexibility index (Phi) is 6.44. The molecule has 5 heteroatoms. The summed E-state index contributed by atoms with van der Waals surface area (Å²) in [7, 11) is 0. The Bertz CT molecular complexity index is 173. The number of aliphatic hydroxyl groups excluding tert-OH is 2. The summed E-state index contributed by atoms with van der Waals surface area (Å²) in [5.41, 5.74) is 0. The molecule has 1 amide bonds. The summed E-state index contributed by atoms with van der Waals surface area (Å²) in [6, 6.07) is -0.256. The topological polar surface area (TPSA) is 81.6 Å². The largest absolute Gasteiger partial charge is 0.394 e. The van der Waals surface area contributed by atoms with Crippen LogP contribution in [0.3, 0.4) is 0 Å². The lowest BCUT2D eigenvalue weighted by Gasteiger charge is -2.17. The summed E-state index contributed by atoms with van der Waals surface area (Å²) in [5.74, 6) is -0.106. The third-order valence-corrected chi connectivity index (χ3v) is 1.69. The van der Waals surface area contributed by atoms with E-state index >= 15 is 0 Å². The molecule has 0 fully saturated rings. The van der Waals surface area contributed by atoms with Gasteiger partial charge in [-0.3, -0.25) is 4.79 Å². The molecule has 0 aromatic carbocycles. The van der Waals surface area contributed by atoms with Gasteiger partial charge in [-0.15, -0.1) is 0 Å². The lowest BCUT2D eigenvalue weighted by Crippen LogP contribution is -2.47. The van der Waals surface area contributed by atoms with Crippen molar-refractivity contribution >= 4 is 5.91 Å². The van der Waals surface area contributed by atoms with Crippen LogP contribution in [0.4, 0.5) is 0 Å². The normalized spacial score (nSPS) is 15.3. The molecule has 0 aliphatic rings. The van der Waals surface area contributed by atoms with Crippen LogP contribution in [-0.4, -0.2) is 47.5 Å². The van der Waals surface area contributed by atoms with Gasteiger partial charge >= 0.3 is 0 Å². The first kappa shape index (κ1) is 13.4. The molecule has 0 rings (SSSR count). The van der Waals surface area contributed by atoms with E-state index < -0.39 is 6.10 Å². The molecule has 0 aliphatic carbocycles. The summed E-state index contributed by atoms with van der Waals surface area (Å²) < 4.78 is 0. The zero-order valence-corrected chi connectivity index (χ0v) is 8.95. The maximum absolute atomic E-state index is 11.3. The van der Waals surface area contributed by atoms with Gasteiger partial charge in [0.2, 0.25) is 5.91 Å². The SMILES string of the molecule is CC(C)NC(=O)C(C)NC[C@H](O)CO. The Balaban J connectivity index is 3.72. The van der Waals surface area contributed by atoms with Gasteiger partial charge in [-0.2, -0.15) is 0 Å². The van der Waals surface area contributed by atoms with Crippen LogP contribution in [0.1, 0.15) is 20.8 Å². The quantitative estimate of drug-likeness (QED) is 0.440. The van der Waals surface area contributed by atoms with Crippen LogP contribution in [0.5, 0.6) is 0 Å². The van der Waals surface area contributed by atoms with Gasteiger partial charge in [0.15, 0.2) is 0 Å². The Hall–Kier alpha value is -0.650. The van der Waals surface area contributed by atoms with Gasteiger partial charge in [-0.05, 0) is 20.8 Å². The van der Waals surface area contributed by atoms with Crippen LogP contribution in [0, 0.1) is 0 Å². The summed E-state index contributed by atoms with van der Waals surface area (Å²) >= 11 is 0. The van der Waals surface area contributed by atoms with Crippen LogP contribution >= 0.6 is 0 Å². The number of rotatable bonds is 6. The van der Waals surface area contributed by atoms with E-state index in [2.05, 4.69) is 10.6 Å². The van der Waals surface area contributed by atoms with Crippen molar-refractivity contribution in [3.05, 3.63) is 0 Å². The van der Waals surface area contributed by atoms with E-state index in [0.717, 1.165) is 0 Å². The minimum Gasteiger partial charge on any atom is -0.394 e. The Morgan fingerprint density at radius 1 is 1.36 bits per heavy atom. The van der Waals surface area contributed by atoms with Crippen LogP contribution in [0.2, 0.25) is 0 Å². The predicted molar refractivity (Wildman–Crippen MR) is 53.8 cm³/mol. The van der Waals surface area contributed by atoms with Crippen LogP contribution < -0.4 is 10.6 Å². The molecule has 4 N–H and O–H groups in total. The first-order chi connectivity index (χ1) is 6.47. The molecule has 2 atom stereocenters. The highest BCUT2D eigenvalue weighted by molar-refractivity contribution is 5.81. The van der Waals surface area contributed by atoms with Crippen LogP contribution in [0.15, 0.2) is 0 Å². The highest BCUT2D eigenvalue weighted by Crippen LogP contribution is 1.86. The third-order valence-electron chi connectivity index (χ3n) is 1.69. The van der Waals surface area contributed by atoms with Gasteiger partial charge in [0, 0.05) is 12.6 Å². The van der Waals surface area contributed by atoms with Gasteiger partial charge < -0.3 is 20.8 Å². The van der Waals surface area contributed by atoms with Crippen LogP contribution in [0.25, 0.3) is 0 Å². The van der Waals surface area contributed by atoms with Crippen LogP contribution in [-0.2, 0) is 4.79 Å². The van der Waals surface area contributed by atoms with Gasteiger partial charge in [0.25, 0.3) is 0 Å². The van der Waals surface area contributed by atoms with Gasteiger partial charge in [0.1, 0.15) is 0 Å². The van der Waals surface area contributed by atoms with E-state index in [-0.39, 0.29) is 31.1 Å². The van der Waals surface area contributed by atoms with Crippen molar-refractivity contribution in [1.82, 2.24) is 10.6 Å². The first-order valence-corrected chi connectivity index (χ1v) is 4.80. The second kappa shape index (κ2) is 6.75. The van der Waals surface area contributed by atoms with E-state index in [1.54, 1.807) is 6.92 Å². The number of amides is 1. The minimum atomic E-state index is -0.815. The maximum Gasteiger partial charge on any atom is 0.237 e. The number of hydrogen-bond acceptors (Lipinski definition) is 4. The second-order valence-electron chi connectivity index (χ2n) is 3.63. The van der Waals surface area contributed by atoms with Crippen molar-refractivity contribution in [3.63, 3.8) is 0 Å². The fourth-order valence-corrected chi connectivity index (χ4v) is 0.880. The monoisotopic (exact) mass is 204 g/mol. The van der Waals surface area contributed by atoms with E-state index in [0.29, 0.717) is 0 Å². The van der Waals surface area contributed by atoms with Crippen molar-refractivity contribution in [3.8, 4) is 0 Å². The molecule has 0 saturated heterocycles. The number of hydrogen-bond donors (Lipinski definition) is 4. The molecule has 0 radical (unpaired) electrons. The molecule has 0 heterocycles. The van der Waals surface area contributed by atoms with Crippen molar-refractivity contribution in [2.45, 2.75) is 39.0 Å². The zero-order valence-electron chi connectivity index (χ0n) is 8.95. The number of aliphatic hydroxyl groups is 2. The van der Waals surface area contributed by atoms with E-state index in [9.17, 15) is 4.79 Å². The number of nitrogens with one attached hydrogen (secondary N) is 2. The first-order valence-electron chi connectivity index (χ1n) is 4.80. The lowest BCUT2D eigenvalue weighted by molar-refractivity contribution is -0.123. The molecule has 84 valence electrons. The second-order valence-corrected chi connectivity index (χ2v) is 3.63. The fraction of sp³-hybridized carbons (Fsp3) is 0.889. The van der Waals surface area contributed by atoms with E-state index in [1.807, 2.05) is 13.8 Å². The average Bonchev–Trinajstić information content (AvgIpc) is 2.12. The molecule has 0 saturated carbocycles. The van der Waals surface area contributed by atoms with Crippen molar-refractivity contribution < 1.29 is 15.0 Å². The molecule has 0 spiro atoms. The standard InChI is InChI=1S/C9H20N2O3/c1-6(2)11-9(14)7(3)10-4-8(13)5-12/h6-8,10,12-13H,4-5H2,1-3H3,(H,11,14)/t7?,8-/m0/s1. The molecular formula is C9H20N2O3. The highest BCUT2D eigenvalue weighted by atomic mass is 16.3. The van der Waals surface area contributed by atoms with E-state index in [1.165, 1.54) is 0 Å². The van der Waals surface area contributed by atoms with E-state index in [4.69, 9.17) is 10.2 Å². The summed E-state index contributed by atoms with van der Waals surface area (Å²) in [6.45, 7) is 5.39. The van der Waals surface area contributed by atoms with Gasteiger partial charge in [0.05, 0.1) is 18.8 Å². The zero-order chi connectivity index (χ0) is 11.1. The molecule has 0 bridgehead atoms. The van der Waals surface area contributed by atoms with Crippen molar-refractivity contribution in [2.24, 2.45) is 0 Å². The number of carbonyl (C=O) groups is 1. The summed E-state index contributed by atoms with van der Waals surface area (Å²) in [4.78, 5) is 11.3. The number of carbonyl (C=O) groups excluding carboxylic acids is 1. The van der Waals surface area contributed by atoms with Gasteiger partial charge in [-0.1, -0.05) is 0 Å². The molecule has 0 aliphatic heterocycles. The summed E-state index contributed by atoms with van der Waals surface area (Å²) in [5, 5.41) is 23.1. The van der Waals surface area contributed by atoms with Crippen molar-refractivity contribution in [2.75, 3.05) is 13.2 Å². The molecular weight excluding hydrogens is 184 g/mol. The highest BCUT2D eigenvalue weighted by Gasteiger charge is 2.13. The molecule has 1 unspecified atom stereocenters. The Morgan fingerprint density at radius 3 is 2.36 bits per heavy atom. The summed E-state index contributed by atoms with van der Waals surface area (Å²) in [6.07, 6.45) is -0.815. The maximum atomic E-state index is 11.3. The molecule has 5 nitrogen and oxygen atoms in total. The fourth-order valence-electron chi connectivity index (χ4n) is 0.880. The Labute approximate surface area is 84.5 Å². The smallest absolute Gasteiger partial charge is 0.237 e. The molecule has 0 aromatic heterocycles.